The third-order valence-electron chi connectivity index (χ3n) is 3.76. The second kappa shape index (κ2) is 7.97. The van der Waals surface area contributed by atoms with Gasteiger partial charge in [0, 0.05) is 12.2 Å². The normalized spacial score (nSPS) is 12.2. The predicted octanol–water partition coefficient (Wildman–Crippen LogP) is 4.75. The number of aromatic nitrogens is 2. The zero-order valence-corrected chi connectivity index (χ0v) is 14.0. The summed E-state index contributed by atoms with van der Waals surface area (Å²) >= 11 is 1.62. The van der Waals surface area contributed by atoms with Gasteiger partial charge >= 0.3 is 0 Å². The van der Waals surface area contributed by atoms with Crippen LogP contribution in [0.25, 0.3) is 0 Å². The van der Waals surface area contributed by atoms with Crippen LogP contribution in [-0.4, -0.2) is 16.0 Å². The van der Waals surface area contributed by atoms with Gasteiger partial charge in [0.2, 0.25) is 5.89 Å². The molecule has 2 aromatic carbocycles. The number of benzene rings is 2. The summed E-state index contributed by atoms with van der Waals surface area (Å²) in [4.78, 5) is 0. The molecule has 0 N–H and O–H groups in total. The van der Waals surface area contributed by atoms with Crippen LogP contribution in [0.4, 0.5) is 0 Å². The Kier molecular flexibility index (Phi) is 5.48. The highest BCUT2D eigenvalue weighted by Crippen LogP contribution is 2.22. The molecule has 1 heterocycles. The van der Waals surface area contributed by atoms with Crippen LogP contribution in [0, 0.1) is 0 Å². The maximum absolute atomic E-state index is 5.75. The molecular formula is C19H20N2OS. The lowest BCUT2D eigenvalue weighted by molar-refractivity contribution is 0.404. The molecule has 0 saturated carbocycles. The Hall–Kier alpha value is -2.07. The topological polar surface area (TPSA) is 38.9 Å². The van der Waals surface area contributed by atoms with Crippen molar-refractivity contribution in [2.45, 2.75) is 30.9 Å². The van der Waals surface area contributed by atoms with Gasteiger partial charge in [-0.05, 0) is 23.5 Å². The van der Waals surface area contributed by atoms with Crippen LogP contribution in [-0.2, 0) is 12.8 Å². The van der Waals surface area contributed by atoms with Crippen molar-refractivity contribution in [3.05, 3.63) is 77.7 Å². The maximum atomic E-state index is 5.75. The van der Waals surface area contributed by atoms with Crippen molar-refractivity contribution in [1.82, 2.24) is 10.2 Å². The van der Waals surface area contributed by atoms with Crippen LogP contribution in [0.3, 0.4) is 0 Å². The van der Waals surface area contributed by atoms with Crippen LogP contribution in [0.15, 0.2) is 70.3 Å². The quantitative estimate of drug-likeness (QED) is 0.588. The van der Waals surface area contributed by atoms with Crippen LogP contribution in [0.1, 0.15) is 29.9 Å². The first-order valence-corrected chi connectivity index (χ1v) is 8.84. The number of thioether (sulfide) groups is 1. The molecule has 0 bridgehead atoms. The Morgan fingerprint density at radius 2 is 1.65 bits per heavy atom. The number of rotatable bonds is 7. The summed E-state index contributed by atoms with van der Waals surface area (Å²) in [5, 5.41) is 8.97. The lowest BCUT2D eigenvalue weighted by Crippen LogP contribution is -1.98. The van der Waals surface area contributed by atoms with Crippen molar-refractivity contribution in [2.75, 3.05) is 5.75 Å². The molecule has 0 saturated heterocycles. The summed E-state index contributed by atoms with van der Waals surface area (Å²) in [5.74, 6) is 2.03. The van der Waals surface area contributed by atoms with E-state index in [0.717, 1.165) is 18.6 Å². The van der Waals surface area contributed by atoms with Crippen molar-refractivity contribution < 1.29 is 4.42 Å². The van der Waals surface area contributed by atoms with E-state index in [1.807, 2.05) is 12.1 Å². The number of nitrogens with zero attached hydrogens (tertiary/aromatic N) is 2. The standard InChI is InChI=1S/C19H20N2OS/c1-15(17-10-6-3-7-11-17)14-18-20-21-19(22-18)23-13-12-16-8-4-2-5-9-16/h2-11,15H,12-14H2,1H3. The predicted molar refractivity (Wildman–Crippen MR) is 93.7 cm³/mol. The van der Waals surface area contributed by atoms with E-state index in [0.29, 0.717) is 17.0 Å². The molecule has 0 aliphatic heterocycles. The SMILES string of the molecule is CC(Cc1nnc(SCCc2ccccc2)o1)c1ccccc1. The Morgan fingerprint density at radius 3 is 2.39 bits per heavy atom. The molecule has 3 rings (SSSR count). The van der Waals surface area contributed by atoms with Gasteiger partial charge in [-0.3, -0.25) is 0 Å². The van der Waals surface area contributed by atoms with Gasteiger partial charge in [-0.1, -0.05) is 79.3 Å². The average molecular weight is 324 g/mol. The monoisotopic (exact) mass is 324 g/mol. The summed E-state index contributed by atoms with van der Waals surface area (Å²) in [6.45, 7) is 2.18. The molecule has 0 aliphatic carbocycles. The minimum Gasteiger partial charge on any atom is -0.416 e. The summed E-state index contributed by atoms with van der Waals surface area (Å²) in [5.41, 5.74) is 2.63. The first-order chi connectivity index (χ1) is 11.3. The molecule has 1 atom stereocenters. The second-order valence-corrected chi connectivity index (χ2v) is 6.61. The van der Waals surface area contributed by atoms with Crippen LogP contribution in [0.2, 0.25) is 0 Å². The van der Waals surface area contributed by atoms with E-state index >= 15 is 0 Å². The second-order valence-electron chi connectivity index (χ2n) is 5.56. The lowest BCUT2D eigenvalue weighted by Gasteiger charge is -2.08. The third kappa shape index (κ3) is 4.70. The molecule has 23 heavy (non-hydrogen) atoms. The van der Waals surface area contributed by atoms with E-state index in [2.05, 4.69) is 65.7 Å². The number of aryl methyl sites for hydroxylation is 1. The molecule has 0 amide bonds. The van der Waals surface area contributed by atoms with Gasteiger partial charge in [0.05, 0.1) is 0 Å². The fraction of sp³-hybridized carbons (Fsp3) is 0.263. The van der Waals surface area contributed by atoms with Crippen LogP contribution >= 0.6 is 11.8 Å². The fourth-order valence-corrected chi connectivity index (χ4v) is 3.21. The van der Waals surface area contributed by atoms with E-state index < -0.39 is 0 Å². The molecule has 0 spiro atoms. The summed E-state index contributed by atoms with van der Waals surface area (Å²) < 4.78 is 5.75. The highest BCUT2D eigenvalue weighted by Gasteiger charge is 2.12. The molecule has 3 aromatic rings. The maximum Gasteiger partial charge on any atom is 0.276 e. The molecule has 0 fully saturated rings. The lowest BCUT2D eigenvalue weighted by atomic mass is 9.98. The van der Waals surface area contributed by atoms with E-state index in [-0.39, 0.29) is 0 Å². The largest absolute Gasteiger partial charge is 0.416 e. The van der Waals surface area contributed by atoms with Gasteiger partial charge < -0.3 is 4.42 Å². The molecule has 3 nitrogen and oxygen atoms in total. The van der Waals surface area contributed by atoms with Crippen molar-refractivity contribution >= 4 is 11.8 Å². The number of hydrogen-bond acceptors (Lipinski definition) is 4. The molecule has 0 aliphatic rings. The van der Waals surface area contributed by atoms with Crippen LogP contribution < -0.4 is 0 Å². The molecular weight excluding hydrogens is 304 g/mol. The molecule has 0 radical (unpaired) electrons. The highest BCUT2D eigenvalue weighted by atomic mass is 32.2. The highest BCUT2D eigenvalue weighted by molar-refractivity contribution is 7.99. The van der Waals surface area contributed by atoms with Crippen LogP contribution in [0.5, 0.6) is 0 Å². The van der Waals surface area contributed by atoms with Gasteiger partial charge in [-0.15, -0.1) is 10.2 Å². The summed E-state index contributed by atoms with van der Waals surface area (Å²) in [6, 6.07) is 20.9. The van der Waals surface area contributed by atoms with Gasteiger partial charge in [0.15, 0.2) is 0 Å². The summed E-state index contributed by atoms with van der Waals surface area (Å²) in [7, 11) is 0. The van der Waals surface area contributed by atoms with Crippen molar-refractivity contribution in [3.63, 3.8) is 0 Å². The zero-order chi connectivity index (χ0) is 15.9. The Balaban J connectivity index is 1.50. The number of hydrogen-bond donors (Lipinski definition) is 0. The van der Waals surface area contributed by atoms with Gasteiger partial charge in [0.1, 0.15) is 0 Å². The van der Waals surface area contributed by atoms with Gasteiger partial charge in [0.25, 0.3) is 5.22 Å². The van der Waals surface area contributed by atoms with E-state index in [1.165, 1.54) is 11.1 Å². The van der Waals surface area contributed by atoms with E-state index in [4.69, 9.17) is 4.42 Å². The summed E-state index contributed by atoms with van der Waals surface area (Å²) in [6.07, 6.45) is 1.78. The fourth-order valence-electron chi connectivity index (χ4n) is 2.44. The Labute approximate surface area is 141 Å². The zero-order valence-electron chi connectivity index (χ0n) is 13.2. The smallest absolute Gasteiger partial charge is 0.276 e. The Bertz CT molecular complexity index is 713. The van der Waals surface area contributed by atoms with E-state index in [1.54, 1.807) is 11.8 Å². The molecule has 1 unspecified atom stereocenters. The van der Waals surface area contributed by atoms with Crippen molar-refractivity contribution in [2.24, 2.45) is 0 Å². The van der Waals surface area contributed by atoms with Gasteiger partial charge in [-0.25, -0.2) is 0 Å². The first kappa shape index (κ1) is 15.8. The first-order valence-electron chi connectivity index (χ1n) is 7.85. The van der Waals surface area contributed by atoms with Gasteiger partial charge in [-0.2, -0.15) is 0 Å². The Morgan fingerprint density at radius 1 is 0.957 bits per heavy atom. The van der Waals surface area contributed by atoms with Crippen molar-refractivity contribution in [1.29, 1.82) is 0 Å². The minimum absolute atomic E-state index is 0.374. The third-order valence-corrected chi connectivity index (χ3v) is 4.58. The van der Waals surface area contributed by atoms with Crippen molar-refractivity contribution in [3.8, 4) is 0 Å². The molecule has 4 heteroatoms. The molecule has 1 aromatic heterocycles. The average Bonchev–Trinajstić information content (AvgIpc) is 3.04. The minimum atomic E-state index is 0.374. The molecule has 118 valence electrons. The van der Waals surface area contributed by atoms with E-state index in [9.17, 15) is 0 Å².